The van der Waals surface area contributed by atoms with Gasteiger partial charge >= 0.3 is 6.18 Å². The molecule has 1 heterocycles. The van der Waals surface area contributed by atoms with Gasteiger partial charge in [-0.2, -0.15) is 18.2 Å². The van der Waals surface area contributed by atoms with Crippen LogP contribution in [0.5, 0.6) is 0 Å². The van der Waals surface area contributed by atoms with Gasteiger partial charge in [0.05, 0.1) is 11.3 Å². The molecule has 0 unspecified atom stereocenters. The Morgan fingerprint density at radius 3 is 2.37 bits per heavy atom. The summed E-state index contributed by atoms with van der Waals surface area (Å²) in [6.07, 6.45) is -4.48. The normalized spacial score (nSPS) is 11.3. The number of anilines is 3. The Morgan fingerprint density at radius 2 is 1.67 bits per heavy atom. The minimum absolute atomic E-state index is 0.0902. The van der Waals surface area contributed by atoms with E-state index in [1.54, 1.807) is 25.1 Å². The molecule has 2 aromatic carbocycles. The Morgan fingerprint density at radius 1 is 0.963 bits per heavy atom. The molecule has 27 heavy (non-hydrogen) atoms. The third kappa shape index (κ3) is 4.93. The number of hydrogen-bond acceptors (Lipinski definition) is 4. The summed E-state index contributed by atoms with van der Waals surface area (Å²) in [6.45, 7) is 2.06. The minimum atomic E-state index is -4.48. The number of aryl methyl sites for hydroxylation is 1. The summed E-state index contributed by atoms with van der Waals surface area (Å²) in [4.78, 5) is 8.43. The van der Waals surface area contributed by atoms with Gasteiger partial charge in [0.2, 0.25) is 5.95 Å². The fraction of sp³-hybridized carbons (Fsp3) is 0.158. The van der Waals surface area contributed by atoms with Crippen LogP contribution in [0.2, 0.25) is 0 Å². The SMILES string of the molecule is Cc1cc(Nc2ccccc2C(F)(F)F)nc(NCc2ccc(F)cc2)n1. The molecule has 0 spiro atoms. The van der Waals surface area contributed by atoms with E-state index in [0.717, 1.165) is 11.6 Å². The van der Waals surface area contributed by atoms with Crippen molar-refractivity contribution in [3.05, 3.63) is 77.2 Å². The molecule has 0 aliphatic rings. The van der Waals surface area contributed by atoms with Crippen molar-refractivity contribution in [1.29, 1.82) is 0 Å². The van der Waals surface area contributed by atoms with Crippen LogP contribution in [0.25, 0.3) is 0 Å². The maximum Gasteiger partial charge on any atom is 0.418 e. The molecular weight excluding hydrogens is 360 g/mol. The Kier molecular flexibility index (Phi) is 5.25. The molecular formula is C19H16F4N4. The van der Waals surface area contributed by atoms with Crippen LogP contribution in [0.1, 0.15) is 16.8 Å². The van der Waals surface area contributed by atoms with Crippen molar-refractivity contribution in [2.24, 2.45) is 0 Å². The first-order chi connectivity index (χ1) is 12.8. The van der Waals surface area contributed by atoms with E-state index in [0.29, 0.717) is 12.2 Å². The Bertz CT molecular complexity index is 924. The molecule has 4 nitrogen and oxygen atoms in total. The lowest BCUT2D eigenvalue weighted by atomic mass is 10.1. The van der Waals surface area contributed by atoms with E-state index in [1.165, 1.54) is 30.3 Å². The summed E-state index contributed by atoms with van der Waals surface area (Å²) in [5.41, 5.74) is 0.534. The van der Waals surface area contributed by atoms with E-state index < -0.39 is 11.7 Å². The molecule has 3 rings (SSSR count). The van der Waals surface area contributed by atoms with Crippen LogP contribution in [-0.4, -0.2) is 9.97 Å². The van der Waals surface area contributed by atoms with Crippen molar-refractivity contribution >= 4 is 17.5 Å². The number of benzene rings is 2. The highest BCUT2D eigenvalue weighted by molar-refractivity contribution is 5.62. The number of halogens is 4. The number of alkyl halides is 3. The van der Waals surface area contributed by atoms with Gasteiger partial charge in [0.25, 0.3) is 0 Å². The molecule has 0 amide bonds. The predicted octanol–water partition coefficient (Wildman–Crippen LogP) is 5.30. The molecule has 0 atom stereocenters. The van der Waals surface area contributed by atoms with Gasteiger partial charge < -0.3 is 10.6 Å². The first-order valence-corrected chi connectivity index (χ1v) is 8.08. The Labute approximate surface area is 153 Å². The number of hydrogen-bond donors (Lipinski definition) is 2. The second-order valence-electron chi connectivity index (χ2n) is 5.87. The molecule has 140 valence electrons. The summed E-state index contributed by atoms with van der Waals surface area (Å²) in [5.74, 6) is 0.160. The monoisotopic (exact) mass is 376 g/mol. The first kappa shape index (κ1) is 18.6. The van der Waals surface area contributed by atoms with Crippen molar-refractivity contribution in [3.63, 3.8) is 0 Å². The van der Waals surface area contributed by atoms with E-state index in [2.05, 4.69) is 20.6 Å². The van der Waals surface area contributed by atoms with E-state index in [4.69, 9.17) is 0 Å². The zero-order valence-corrected chi connectivity index (χ0v) is 14.3. The third-order valence-electron chi connectivity index (χ3n) is 3.71. The molecule has 0 saturated heterocycles. The summed E-state index contributed by atoms with van der Waals surface area (Å²) in [6, 6.07) is 12.7. The Balaban J connectivity index is 1.79. The number of para-hydroxylation sites is 1. The zero-order chi connectivity index (χ0) is 19.4. The Hall–Kier alpha value is -3.16. The summed E-state index contributed by atoms with van der Waals surface area (Å²) in [5, 5.41) is 5.69. The van der Waals surface area contributed by atoms with Crippen LogP contribution >= 0.6 is 0 Å². The van der Waals surface area contributed by atoms with Gasteiger partial charge in [-0.1, -0.05) is 24.3 Å². The summed E-state index contributed by atoms with van der Waals surface area (Å²) < 4.78 is 52.4. The zero-order valence-electron chi connectivity index (χ0n) is 14.3. The van der Waals surface area contributed by atoms with Gasteiger partial charge in [0.1, 0.15) is 11.6 Å². The average Bonchev–Trinajstić information content (AvgIpc) is 2.60. The fourth-order valence-electron chi connectivity index (χ4n) is 2.47. The lowest BCUT2D eigenvalue weighted by Crippen LogP contribution is -2.10. The standard InChI is InChI=1S/C19H16F4N4/c1-12-10-17(26-16-5-3-2-4-15(16)19(21,22)23)27-18(25-12)24-11-13-6-8-14(20)9-7-13/h2-10H,11H2,1H3,(H2,24,25,26,27). The smallest absolute Gasteiger partial charge is 0.350 e. The van der Waals surface area contributed by atoms with Crippen LogP contribution in [0.15, 0.2) is 54.6 Å². The third-order valence-corrected chi connectivity index (χ3v) is 3.71. The van der Waals surface area contributed by atoms with Crippen LogP contribution in [0, 0.1) is 12.7 Å². The fourth-order valence-corrected chi connectivity index (χ4v) is 2.47. The first-order valence-electron chi connectivity index (χ1n) is 8.08. The van der Waals surface area contributed by atoms with E-state index in [9.17, 15) is 17.6 Å². The maximum atomic E-state index is 13.1. The molecule has 0 aliphatic heterocycles. The van der Waals surface area contributed by atoms with Crippen molar-refractivity contribution in [2.75, 3.05) is 10.6 Å². The van der Waals surface area contributed by atoms with Gasteiger partial charge in [0.15, 0.2) is 0 Å². The lowest BCUT2D eigenvalue weighted by molar-refractivity contribution is -0.136. The number of nitrogens with zero attached hydrogens (tertiary/aromatic N) is 2. The van der Waals surface area contributed by atoms with Gasteiger partial charge in [-0.05, 0) is 36.8 Å². The highest BCUT2D eigenvalue weighted by Gasteiger charge is 2.33. The molecule has 2 N–H and O–H groups in total. The van der Waals surface area contributed by atoms with Crippen LogP contribution in [0.4, 0.5) is 35.0 Å². The largest absolute Gasteiger partial charge is 0.418 e. The van der Waals surface area contributed by atoms with E-state index in [-0.39, 0.29) is 23.3 Å². The number of nitrogens with one attached hydrogen (secondary N) is 2. The van der Waals surface area contributed by atoms with Crippen molar-refractivity contribution in [1.82, 2.24) is 9.97 Å². The molecule has 0 fully saturated rings. The van der Waals surface area contributed by atoms with Crippen molar-refractivity contribution in [2.45, 2.75) is 19.6 Å². The maximum absolute atomic E-state index is 13.1. The van der Waals surface area contributed by atoms with Gasteiger partial charge in [-0.3, -0.25) is 0 Å². The molecule has 1 aromatic heterocycles. The van der Waals surface area contributed by atoms with Crippen LogP contribution in [0.3, 0.4) is 0 Å². The van der Waals surface area contributed by atoms with Crippen molar-refractivity contribution in [3.8, 4) is 0 Å². The molecule has 0 aliphatic carbocycles. The second-order valence-corrected chi connectivity index (χ2v) is 5.87. The van der Waals surface area contributed by atoms with Crippen molar-refractivity contribution < 1.29 is 17.6 Å². The number of rotatable bonds is 5. The molecule has 0 radical (unpaired) electrons. The van der Waals surface area contributed by atoms with Gasteiger partial charge in [-0.25, -0.2) is 9.37 Å². The summed E-state index contributed by atoms with van der Waals surface area (Å²) in [7, 11) is 0. The summed E-state index contributed by atoms with van der Waals surface area (Å²) >= 11 is 0. The van der Waals surface area contributed by atoms with Gasteiger partial charge in [0, 0.05) is 18.3 Å². The van der Waals surface area contributed by atoms with Crippen LogP contribution < -0.4 is 10.6 Å². The number of aromatic nitrogens is 2. The highest BCUT2D eigenvalue weighted by Crippen LogP contribution is 2.35. The quantitative estimate of drug-likeness (QED) is 0.594. The molecule has 0 saturated carbocycles. The van der Waals surface area contributed by atoms with E-state index in [1.807, 2.05) is 0 Å². The average molecular weight is 376 g/mol. The molecule has 3 aromatic rings. The highest BCUT2D eigenvalue weighted by atomic mass is 19.4. The van der Waals surface area contributed by atoms with Gasteiger partial charge in [-0.15, -0.1) is 0 Å². The lowest BCUT2D eigenvalue weighted by Gasteiger charge is -2.15. The predicted molar refractivity (Wildman–Crippen MR) is 95.2 cm³/mol. The second kappa shape index (κ2) is 7.61. The molecule has 0 bridgehead atoms. The molecule has 8 heteroatoms. The van der Waals surface area contributed by atoms with E-state index >= 15 is 0 Å². The van der Waals surface area contributed by atoms with Crippen LogP contribution in [-0.2, 0) is 12.7 Å². The topological polar surface area (TPSA) is 49.8 Å². The minimum Gasteiger partial charge on any atom is -0.350 e.